The predicted octanol–water partition coefficient (Wildman–Crippen LogP) is 0.375. The van der Waals surface area contributed by atoms with Crippen LogP contribution in [0, 0.1) is 0 Å². The van der Waals surface area contributed by atoms with E-state index in [4.69, 9.17) is 9.84 Å². The van der Waals surface area contributed by atoms with Crippen LogP contribution in [-0.4, -0.2) is 77.0 Å². The van der Waals surface area contributed by atoms with Crippen molar-refractivity contribution in [1.82, 2.24) is 9.80 Å². The summed E-state index contributed by atoms with van der Waals surface area (Å²) in [7, 11) is 0. The molecule has 0 saturated carbocycles. The fourth-order valence-corrected chi connectivity index (χ4v) is 2.47. The van der Waals surface area contributed by atoms with E-state index in [0.717, 1.165) is 12.8 Å². The summed E-state index contributed by atoms with van der Waals surface area (Å²) >= 11 is 0. The molecule has 1 rings (SSSR count). The van der Waals surface area contributed by atoms with Crippen LogP contribution in [0.25, 0.3) is 0 Å². The minimum atomic E-state index is -1.06. The summed E-state index contributed by atoms with van der Waals surface area (Å²) in [5, 5.41) is 18.3. The van der Waals surface area contributed by atoms with Gasteiger partial charge in [0, 0.05) is 19.1 Å². The number of nitrogens with zero attached hydrogens (tertiary/aromatic N) is 2. The summed E-state index contributed by atoms with van der Waals surface area (Å²) < 4.78 is 5.13. The SMILES string of the molecule is CCC(CC)N(CCO)C(=O)N1CCOCC1C(=O)O. The molecule has 1 fully saturated rings. The van der Waals surface area contributed by atoms with Crippen LogP contribution in [-0.2, 0) is 9.53 Å². The maximum Gasteiger partial charge on any atom is 0.328 e. The first-order valence-corrected chi connectivity index (χ1v) is 7.05. The number of aliphatic hydroxyl groups excluding tert-OH is 1. The minimum Gasteiger partial charge on any atom is -0.480 e. The molecule has 116 valence electrons. The third-order valence-corrected chi connectivity index (χ3v) is 3.63. The van der Waals surface area contributed by atoms with Gasteiger partial charge >= 0.3 is 12.0 Å². The van der Waals surface area contributed by atoms with Gasteiger partial charge in [-0.25, -0.2) is 9.59 Å². The molecule has 2 N–H and O–H groups in total. The van der Waals surface area contributed by atoms with E-state index in [2.05, 4.69) is 0 Å². The van der Waals surface area contributed by atoms with Crippen molar-refractivity contribution in [2.45, 2.75) is 38.8 Å². The topological polar surface area (TPSA) is 90.3 Å². The molecule has 0 spiro atoms. The summed E-state index contributed by atoms with van der Waals surface area (Å²) in [5.74, 6) is -1.06. The van der Waals surface area contributed by atoms with Gasteiger partial charge in [-0.3, -0.25) is 0 Å². The van der Waals surface area contributed by atoms with Crippen molar-refractivity contribution >= 4 is 12.0 Å². The monoisotopic (exact) mass is 288 g/mol. The van der Waals surface area contributed by atoms with Crippen molar-refractivity contribution in [2.24, 2.45) is 0 Å². The highest BCUT2D eigenvalue weighted by molar-refractivity contribution is 5.83. The average molecular weight is 288 g/mol. The third-order valence-electron chi connectivity index (χ3n) is 3.63. The molecule has 1 heterocycles. The molecular formula is C13H24N2O5. The number of carboxylic acids is 1. The first kappa shape index (κ1) is 16.7. The Labute approximate surface area is 119 Å². The van der Waals surface area contributed by atoms with E-state index in [9.17, 15) is 14.7 Å². The van der Waals surface area contributed by atoms with Gasteiger partial charge < -0.3 is 24.7 Å². The summed E-state index contributed by atoms with van der Waals surface area (Å²) in [6.45, 7) is 4.64. The first-order chi connectivity index (χ1) is 9.56. The second kappa shape index (κ2) is 8.06. The molecule has 1 saturated heterocycles. The van der Waals surface area contributed by atoms with E-state index in [1.54, 1.807) is 4.90 Å². The van der Waals surface area contributed by atoms with Gasteiger partial charge in [0.05, 0.1) is 19.8 Å². The maximum absolute atomic E-state index is 12.6. The van der Waals surface area contributed by atoms with Crippen LogP contribution in [0.15, 0.2) is 0 Å². The normalized spacial score (nSPS) is 19.2. The molecule has 0 radical (unpaired) electrons. The van der Waals surface area contributed by atoms with Crippen molar-refractivity contribution in [2.75, 3.05) is 32.9 Å². The zero-order valence-corrected chi connectivity index (χ0v) is 12.1. The highest BCUT2D eigenvalue weighted by Crippen LogP contribution is 2.16. The van der Waals surface area contributed by atoms with Crippen LogP contribution < -0.4 is 0 Å². The minimum absolute atomic E-state index is 0.00643. The Morgan fingerprint density at radius 1 is 1.40 bits per heavy atom. The highest BCUT2D eigenvalue weighted by atomic mass is 16.5. The zero-order chi connectivity index (χ0) is 15.1. The van der Waals surface area contributed by atoms with Crippen LogP contribution in [0.2, 0.25) is 0 Å². The number of aliphatic carboxylic acids is 1. The van der Waals surface area contributed by atoms with Gasteiger partial charge in [-0.15, -0.1) is 0 Å². The molecule has 0 aliphatic carbocycles. The Kier molecular flexibility index (Phi) is 6.74. The molecule has 7 heteroatoms. The lowest BCUT2D eigenvalue weighted by molar-refractivity contribution is -0.147. The van der Waals surface area contributed by atoms with Crippen molar-refractivity contribution < 1.29 is 24.5 Å². The fraction of sp³-hybridized carbons (Fsp3) is 0.846. The number of ether oxygens (including phenoxy) is 1. The number of carboxylic acid groups (broad SMARTS) is 1. The number of urea groups is 1. The van der Waals surface area contributed by atoms with Crippen molar-refractivity contribution in [3.05, 3.63) is 0 Å². The lowest BCUT2D eigenvalue weighted by Crippen LogP contribution is -2.58. The Morgan fingerprint density at radius 2 is 2.05 bits per heavy atom. The Bertz CT molecular complexity index is 333. The van der Waals surface area contributed by atoms with Gasteiger partial charge in [-0.2, -0.15) is 0 Å². The van der Waals surface area contributed by atoms with E-state index in [1.807, 2.05) is 13.8 Å². The van der Waals surface area contributed by atoms with E-state index in [0.29, 0.717) is 6.61 Å². The van der Waals surface area contributed by atoms with Crippen LogP contribution in [0.4, 0.5) is 4.79 Å². The van der Waals surface area contributed by atoms with Gasteiger partial charge in [-0.05, 0) is 12.8 Å². The van der Waals surface area contributed by atoms with Crippen molar-refractivity contribution in [3.8, 4) is 0 Å². The molecule has 1 unspecified atom stereocenters. The Hall–Kier alpha value is -1.34. The molecule has 0 aromatic carbocycles. The number of morpholine rings is 1. The summed E-state index contributed by atoms with van der Waals surface area (Å²) in [6.07, 6.45) is 1.54. The molecule has 2 amide bonds. The second-order valence-electron chi connectivity index (χ2n) is 4.79. The van der Waals surface area contributed by atoms with Crippen molar-refractivity contribution in [1.29, 1.82) is 0 Å². The van der Waals surface area contributed by atoms with E-state index < -0.39 is 12.0 Å². The Balaban J connectivity index is 2.88. The van der Waals surface area contributed by atoms with Crippen molar-refractivity contribution in [3.63, 3.8) is 0 Å². The number of amides is 2. The standard InChI is InChI=1S/C13H24N2O5/c1-3-10(4-2)14(5-7-16)13(19)15-6-8-20-9-11(15)12(17)18/h10-11,16H,3-9H2,1-2H3,(H,17,18). The van der Waals surface area contributed by atoms with Crippen LogP contribution in [0.3, 0.4) is 0 Å². The predicted molar refractivity (Wildman–Crippen MR) is 72.5 cm³/mol. The quantitative estimate of drug-likeness (QED) is 0.737. The molecule has 20 heavy (non-hydrogen) atoms. The van der Waals surface area contributed by atoms with E-state index in [1.165, 1.54) is 4.90 Å². The molecular weight excluding hydrogens is 264 g/mol. The molecule has 0 bridgehead atoms. The average Bonchev–Trinajstić information content (AvgIpc) is 2.46. The lowest BCUT2D eigenvalue weighted by Gasteiger charge is -2.39. The van der Waals surface area contributed by atoms with E-state index in [-0.39, 0.29) is 38.4 Å². The van der Waals surface area contributed by atoms with Crippen LogP contribution in [0.1, 0.15) is 26.7 Å². The lowest BCUT2D eigenvalue weighted by atomic mass is 10.1. The number of carbonyl (C=O) groups is 2. The Morgan fingerprint density at radius 3 is 2.55 bits per heavy atom. The molecule has 0 aromatic heterocycles. The highest BCUT2D eigenvalue weighted by Gasteiger charge is 2.36. The van der Waals surface area contributed by atoms with E-state index >= 15 is 0 Å². The fourth-order valence-electron chi connectivity index (χ4n) is 2.47. The van der Waals surface area contributed by atoms with Gasteiger partial charge in [0.25, 0.3) is 0 Å². The van der Waals surface area contributed by atoms with Gasteiger partial charge in [0.1, 0.15) is 0 Å². The molecule has 0 aromatic rings. The largest absolute Gasteiger partial charge is 0.480 e. The number of hydrogen-bond acceptors (Lipinski definition) is 4. The van der Waals surface area contributed by atoms with Crippen LogP contribution in [0.5, 0.6) is 0 Å². The van der Waals surface area contributed by atoms with Gasteiger partial charge in [0.2, 0.25) is 0 Å². The number of rotatable bonds is 6. The number of aliphatic hydroxyl groups is 1. The number of carbonyl (C=O) groups excluding carboxylic acids is 1. The van der Waals surface area contributed by atoms with Gasteiger partial charge in [0.15, 0.2) is 6.04 Å². The summed E-state index contributed by atoms with van der Waals surface area (Å²) in [4.78, 5) is 26.7. The van der Waals surface area contributed by atoms with Crippen LogP contribution >= 0.6 is 0 Å². The molecule has 7 nitrogen and oxygen atoms in total. The molecule has 1 atom stereocenters. The zero-order valence-electron chi connectivity index (χ0n) is 12.1. The summed E-state index contributed by atoms with van der Waals surface area (Å²) in [6, 6.07) is -1.28. The third kappa shape index (κ3) is 3.83. The van der Waals surface area contributed by atoms with Gasteiger partial charge in [-0.1, -0.05) is 13.8 Å². The number of hydrogen-bond donors (Lipinski definition) is 2. The first-order valence-electron chi connectivity index (χ1n) is 7.05. The second-order valence-corrected chi connectivity index (χ2v) is 4.79. The molecule has 1 aliphatic heterocycles. The molecule has 1 aliphatic rings. The summed E-state index contributed by atoms with van der Waals surface area (Å²) in [5.41, 5.74) is 0. The smallest absolute Gasteiger partial charge is 0.328 e. The maximum atomic E-state index is 12.6.